The summed E-state index contributed by atoms with van der Waals surface area (Å²) in [6.45, 7) is 9.00. The predicted octanol–water partition coefficient (Wildman–Crippen LogP) is 1.30. The third kappa shape index (κ3) is 5.26. The highest BCUT2D eigenvalue weighted by atomic mass is 32.1. The van der Waals surface area contributed by atoms with Crippen LogP contribution in [0.3, 0.4) is 0 Å². The summed E-state index contributed by atoms with van der Waals surface area (Å²) in [6, 6.07) is 0. The summed E-state index contributed by atoms with van der Waals surface area (Å²) in [6.07, 6.45) is 0.359. The molecule has 1 heterocycles. The number of thiocarbonyl (C=S) groups is 1. The smallest absolute Gasteiger partial charge is 0.221 e. The molecule has 0 spiro atoms. The molecule has 0 unspecified atom stereocenters. The first-order valence-corrected chi connectivity index (χ1v) is 7.38. The molecule has 0 aliphatic rings. The highest BCUT2D eigenvalue weighted by Gasteiger charge is 2.13. The van der Waals surface area contributed by atoms with Crippen LogP contribution in [0.15, 0.2) is 0 Å². The number of hydrogen-bond donors (Lipinski definition) is 3. The van der Waals surface area contributed by atoms with E-state index in [0.717, 1.165) is 11.3 Å². The van der Waals surface area contributed by atoms with Gasteiger partial charge >= 0.3 is 0 Å². The van der Waals surface area contributed by atoms with E-state index in [1.807, 2.05) is 13.8 Å². The van der Waals surface area contributed by atoms with E-state index >= 15 is 0 Å². The molecular formula is C14H23N5OS. The number of nitrogens with one attached hydrogen (secondary N) is 2. The van der Waals surface area contributed by atoms with Gasteiger partial charge in [-0.05, 0) is 25.3 Å². The lowest BCUT2D eigenvalue weighted by molar-refractivity contribution is -0.120. The van der Waals surface area contributed by atoms with Gasteiger partial charge in [-0.25, -0.2) is 0 Å². The van der Waals surface area contributed by atoms with E-state index in [4.69, 9.17) is 18.0 Å². The molecular weight excluding hydrogens is 286 g/mol. The molecule has 0 bridgehead atoms. The van der Waals surface area contributed by atoms with Crippen molar-refractivity contribution in [1.82, 2.24) is 15.5 Å². The standard InChI is InChI=1S/C14H23N5OS/c1-8(2)7-17-11(20)5-6-16-14-12(13(15)21)9(3)10(4)18-19-14/h8H,5-7H2,1-4H3,(H2,15,21)(H,16,19)(H,17,20). The zero-order valence-corrected chi connectivity index (χ0v) is 13.8. The van der Waals surface area contributed by atoms with Crippen molar-refractivity contribution in [3.63, 3.8) is 0 Å². The molecule has 7 heteroatoms. The van der Waals surface area contributed by atoms with Crippen molar-refractivity contribution in [2.75, 3.05) is 18.4 Å². The first-order valence-electron chi connectivity index (χ1n) is 6.97. The van der Waals surface area contributed by atoms with E-state index in [1.54, 1.807) is 0 Å². The van der Waals surface area contributed by atoms with E-state index in [2.05, 4.69) is 34.7 Å². The third-order valence-corrected chi connectivity index (χ3v) is 3.26. The second-order valence-corrected chi connectivity index (χ2v) is 5.81. The summed E-state index contributed by atoms with van der Waals surface area (Å²) >= 11 is 5.06. The lowest BCUT2D eigenvalue weighted by atomic mass is 10.1. The van der Waals surface area contributed by atoms with Crippen molar-refractivity contribution in [3.8, 4) is 0 Å². The number of nitrogens with two attached hydrogens (primary N) is 1. The number of anilines is 1. The Labute approximate surface area is 130 Å². The van der Waals surface area contributed by atoms with Gasteiger partial charge in [0, 0.05) is 19.5 Å². The molecule has 1 amide bonds. The molecule has 6 nitrogen and oxygen atoms in total. The van der Waals surface area contributed by atoms with Crippen molar-refractivity contribution in [2.24, 2.45) is 11.7 Å². The molecule has 21 heavy (non-hydrogen) atoms. The van der Waals surface area contributed by atoms with Gasteiger partial charge in [-0.15, -0.1) is 5.10 Å². The number of carbonyl (C=O) groups is 1. The first-order chi connectivity index (χ1) is 9.82. The molecule has 0 saturated heterocycles. The van der Waals surface area contributed by atoms with Crippen LogP contribution in [0.1, 0.15) is 37.1 Å². The molecule has 0 aliphatic heterocycles. The second-order valence-electron chi connectivity index (χ2n) is 5.37. The van der Waals surface area contributed by atoms with Gasteiger partial charge in [0.2, 0.25) is 5.91 Å². The molecule has 0 atom stereocenters. The Morgan fingerprint density at radius 1 is 1.33 bits per heavy atom. The molecule has 0 aliphatic carbocycles. The second kappa shape index (κ2) is 7.87. The van der Waals surface area contributed by atoms with Crippen molar-refractivity contribution < 1.29 is 4.79 Å². The summed E-state index contributed by atoms with van der Waals surface area (Å²) in [5, 5.41) is 14.1. The molecule has 0 radical (unpaired) electrons. The number of amides is 1. The van der Waals surface area contributed by atoms with E-state index in [-0.39, 0.29) is 10.9 Å². The molecule has 4 N–H and O–H groups in total. The van der Waals surface area contributed by atoms with Gasteiger partial charge in [0.05, 0.1) is 11.3 Å². The number of rotatable bonds is 7. The molecule has 1 aromatic heterocycles. The highest BCUT2D eigenvalue weighted by Crippen LogP contribution is 2.18. The molecule has 0 saturated carbocycles. The lowest BCUT2D eigenvalue weighted by Gasteiger charge is -2.13. The zero-order chi connectivity index (χ0) is 16.0. The van der Waals surface area contributed by atoms with Gasteiger partial charge in [0.25, 0.3) is 0 Å². The Morgan fingerprint density at radius 2 is 2.00 bits per heavy atom. The molecule has 116 valence electrons. The number of nitrogens with zero attached hydrogens (tertiary/aromatic N) is 2. The largest absolute Gasteiger partial charge is 0.389 e. The van der Waals surface area contributed by atoms with Crippen molar-refractivity contribution in [3.05, 3.63) is 16.8 Å². The Bertz CT molecular complexity index is 530. The van der Waals surface area contributed by atoms with Gasteiger partial charge in [-0.2, -0.15) is 5.10 Å². The van der Waals surface area contributed by atoms with Crippen molar-refractivity contribution >= 4 is 28.9 Å². The van der Waals surface area contributed by atoms with Crippen molar-refractivity contribution in [2.45, 2.75) is 34.1 Å². The number of carbonyl (C=O) groups excluding carboxylic acids is 1. The van der Waals surface area contributed by atoms with Crippen LogP contribution < -0.4 is 16.4 Å². The Hall–Kier alpha value is -1.76. The van der Waals surface area contributed by atoms with Crippen LogP contribution >= 0.6 is 12.2 Å². The number of hydrogen-bond acceptors (Lipinski definition) is 5. The normalized spacial score (nSPS) is 10.5. The maximum absolute atomic E-state index is 11.6. The quantitative estimate of drug-likeness (QED) is 0.658. The van der Waals surface area contributed by atoms with Crippen LogP contribution in [-0.2, 0) is 4.79 Å². The van der Waals surface area contributed by atoms with Gasteiger partial charge in [0.1, 0.15) is 4.99 Å². The monoisotopic (exact) mass is 309 g/mol. The Balaban J connectivity index is 2.62. The lowest BCUT2D eigenvalue weighted by Crippen LogP contribution is -2.29. The van der Waals surface area contributed by atoms with Crippen LogP contribution in [0.25, 0.3) is 0 Å². The molecule has 1 aromatic rings. The SMILES string of the molecule is Cc1nnc(NCCC(=O)NCC(C)C)c(C(N)=S)c1C. The van der Waals surface area contributed by atoms with E-state index < -0.39 is 0 Å². The zero-order valence-electron chi connectivity index (χ0n) is 13.0. The fourth-order valence-corrected chi connectivity index (χ4v) is 1.98. The minimum absolute atomic E-state index is 0.00451. The maximum Gasteiger partial charge on any atom is 0.221 e. The Kier molecular flexibility index (Phi) is 6.48. The summed E-state index contributed by atoms with van der Waals surface area (Å²) in [4.78, 5) is 11.9. The van der Waals surface area contributed by atoms with Crippen molar-refractivity contribution in [1.29, 1.82) is 0 Å². The van der Waals surface area contributed by atoms with Gasteiger partial charge in [-0.3, -0.25) is 4.79 Å². The van der Waals surface area contributed by atoms with Crippen LogP contribution in [0.4, 0.5) is 5.82 Å². The van der Waals surface area contributed by atoms with Gasteiger partial charge in [0.15, 0.2) is 5.82 Å². The average Bonchev–Trinajstić information content (AvgIpc) is 2.40. The minimum atomic E-state index is 0.00451. The van der Waals surface area contributed by atoms with E-state index in [9.17, 15) is 4.79 Å². The molecule has 0 aromatic carbocycles. The maximum atomic E-state index is 11.6. The van der Waals surface area contributed by atoms with Crippen LogP contribution in [0, 0.1) is 19.8 Å². The number of aryl methyl sites for hydroxylation is 1. The number of aromatic nitrogens is 2. The topological polar surface area (TPSA) is 92.9 Å². The summed E-state index contributed by atoms with van der Waals surface area (Å²) < 4.78 is 0. The summed E-state index contributed by atoms with van der Waals surface area (Å²) in [7, 11) is 0. The minimum Gasteiger partial charge on any atom is -0.389 e. The Morgan fingerprint density at radius 3 is 2.57 bits per heavy atom. The fourth-order valence-electron chi connectivity index (χ4n) is 1.73. The van der Waals surface area contributed by atoms with Gasteiger partial charge < -0.3 is 16.4 Å². The van der Waals surface area contributed by atoms with Crippen LogP contribution in [0.5, 0.6) is 0 Å². The molecule has 1 rings (SSSR count). The first kappa shape index (κ1) is 17.3. The van der Waals surface area contributed by atoms with Crippen LogP contribution in [-0.4, -0.2) is 34.2 Å². The molecule has 0 fully saturated rings. The summed E-state index contributed by atoms with van der Waals surface area (Å²) in [5.41, 5.74) is 8.13. The highest BCUT2D eigenvalue weighted by molar-refractivity contribution is 7.80. The third-order valence-electron chi connectivity index (χ3n) is 3.05. The van der Waals surface area contributed by atoms with Gasteiger partial charge in [-0.1, -0.05) is 26.1 Å². The fraction of sp³-hybridized carbons (Fsp3) is 0.571. The predicted molar refractivity (Wildman–Crippen MR) is 88.3 cm³/mol. The van der Waals surface area contributed by atoms with E-state index in [0.29, 0.717) is 36.8 Å². The van der Waals surface area contributed by atoms with E-state index in [1.165, 1.54) is 0 Å². The average molecular weight is 309 g/mol. The van der Waals surface area contributed by atoms with Crippen LogP contribution in [0.2, 0.25) is 0 Å². The summed E-state index contributed by atoms with van der Waals surface area (Å²) in [5.74, 6) is 0.973.